The quantitative estimate of drug-likeness (QED) is 0.930. The molecule has 2 rings (SSSR count). The van der Waals surface area contributed by atoms with Gasteiger partial charge >= 0.3 is 0 Å². The summed E-state index contributed by atoms with van der Waals surface area (Å²) in [6, 6.07) is 6.19. The Labute approximate surface area is 122 Å². The Morgan fingerprint density at radius 3 is 2.68 bits per heavy atom. The Balaban J connectivity index is 2.62. The first kappa shape index (κ1) is 14.1. The van der Waals surface area contributed by atoms with Gasteiger partial charge in [0.25, 0.3) is 0 Å². The van der Waals surface area contributed by atoms with E-state index in [-0.39, 0.29) is 0 Å². The van der Waals surface area contributed by atoms with Gasteiger partial charge in [0.15, 0.2) is 0 Å². The molecule has 0 fully saturated rings. The summed E-state index contributed by atoms with van der Waals surface area (Å²) >= 11 is 3.58. The summed E-state index contributed by atoms with van der Waals surface area (Å²) in [5.74, 6) is 1.32. The lowest BCUT2D eigenvalue weighted by molar-refractivity contribution is 0.648. The van der Waals surface area contributed by atoms with Gasteiger partial charge in [-0.2, -0.15) is 5.10 Å². The van der Waals surface area contributed by atoms with Crippen molar-refractivity contribution in [2.24, 2.45) is 13.0 Å². The highest BCUT2D eigenvalue weighted by Crippen LogP contribution is 2.33. The zero-order chi connectivity index (χ0) is 14.2. The molecule has 2 aromatic rings. The molecule has 0 atom stereocenters. The topological polar surface area (TPSA) is 43.8 Å². The molecule has 1 aromatic heterocycles. The monoisotopic (exact) mass is 321 g/mol. The highest BCUT2D eigenvalue weighted by Gasteiger charge is 2.18. The molecule has 1 aromatic carbocycles. The van der Waals surface area contributed by atoms with Crippen LogP contribution in [0.5, 0.6) is 0 Å². The maximum atomic E-state index is 6.17. The first-order valence-electron chi connectivity index (χ1n) is 6.48. The van der Waals surface area contributed by atoms with Gasteiger partial charge in [-0.05, 0) is 30.9 Å². The molecule has 0 aliphatic rings. The molecule has 0 aliphatic heterocycles. The minimum Gasteiger partial charge on any atom is -0.384 e. The number of anilines is 1. The molecule has 2 N–H and O–H groups in total. The van der Waals surface area contributed by atoms with E-state index in [0.29, 0.717) is 5.92 Å². The molecule has 19 heavy (non-hydrogen) atoms. The predicted octanol–water partition coefficient (Wildman–Crippen LogP) is 3.94. The van der Waals surface area contributed by atoms with Crippen LogP contribution >= 0.6 is 15.9 Å². The molecule has 0 saturated carbocycles. The fourth-order valence-electron chi connectivity index (χ4n) is 2.27. The number of halogens is 1. The lowest BCUT2D eigenvalue weighted by atomic mass is 9.97. The summed E-state index contributed by atoms with van der Waals surface area (Å²) in [7, 11) is 1.90. The number of rotatable bonds is 3. The summed E-state index contributed by atoms with van der Waals surface area (Å²) in [4.78, 5) is 0. The van der Waals surface area contributed by atoms with Gasteiger partial charge in [0.1, 0.15) is 5.82 Å². The Morgan fingerprint density at radius 2 is 2.05 bits per heavy atom. The van der Waals surface area contributed by atoms with Crippen molar-refractivity contribution < 1.29 is 0 Å². The maximum Gasteiger partial charge on any atom is 0.125 e. The standard InChI is InChI=1S/C15H20BrN3/c1-9(2)8-12-14(18-19(4)15(12)17)11-6-5-7-13(16)10(11)3/h5-7,9H,8,17H2,1-4H3. The molecular formula is C15H20BrN3. The van der Waals surface area contributed by atoms with Gasteiger partial charge in [-0.1, -0.05) is 41.9 Å². The molecule has 0 radical (unpaired) electrons. The van der Waals surface area contributed by atoms with Gasteiger partial charge in [0.05, 0.1) is 5.69 Å². The predicted molar refractivity (Wildman–Crippen MR) is 84.0 cm³/mol. The molecule has 3 nitrogen and oxygen atoms in total. The molecule has 0 saturated heterocycles. The molecule has 0 spiro atoms. The Kier molecular flexibility index (Phi) is 3.99. The zero-order valence-electron chi connectivity index (χ0n) is 11.9. The lowest BCUT2D eigenvalue weighted by Crippen LogP contribution is -2.02. The number of benzene rings is 1. The summed E-state index contributed by atoms with van der Waals surface area (Å²) in [5, 5.41) is 4.61. The van der Waals surface area contributed by atoms with Crippen molar-refractivity contribution in [3.63, 3.8) is 0 Å². The van der Waals surface area contributed by atoms with Crippen molar-refractivity contribution in [1.82, 2.24) is 9.78 Å². The first-order chi connectivity index (χ1) is 8.91. The van der Waals surface area contributed by atoms with Crippen molar-refractivity contribution in [2.45, 2.75) is 27.2 Å². The van der Waals surface area contributed by atoms with Crippen molar-refractivity contribution in [1.29, 1.82) is 0 Å². The zero-order valence-corrected chi connectivity index (χ0v) is 13.5. The van der Waals surface area contributed by atoms with Crippen molar-refractivity contribution in [3.8, 4) is 11.3 Å². The number of nitrogen functional groups attached to an aromatic ring is 1. The van der Waals surface area contributed by atoms with E-state index in [2.05, 4.69) is 47.9 Å². The Bertz CT molecular complexity index is 600. The Morgan fingerprint density at radius 1 is 1.37 bits per heavy atom. The number of aromatic nitrogens is 2. The molecule has 4 heteroatoms. The maximum absolute atomic E-state index is 6.17. The molecule has 0 aliphatic carbocycles. The van der Waals surface area contributed by atoms with Crippen LogP contribution in [0.1, 0.15) is 25.0 Å². The van der Waals surface area contributed by atoms with Crippen molar-refractivity contribution in [2.75, 3.05) is 5.73 Å². The van der Waals surface area contributed by atoms with Crippen LogP contribution in [-0.4, -0.2) is 9.78 Å². The Hall–Kier alpha value is -1.29. The summed E-state index contributed by atoms with van der Waals surface area (Å²) < 4.78 is 2.87. The van der Waals surface area contributed by atoms with Gasteiger partial charge in [-0.25, -0.2) is 0 Å². The third-order valence-corrected chi connectivity index (χ3v) is 4.19. The van der Waals surface area contributed by atoms with E-state index in [4.69, 9.17) is 5.73 Å². The highest BCUT2D eigenvalue weighted by atomic mass is 79.9. The van der Waals surface area contributed by atoms with E-state index in [1.165, 1.54) is 5.56 Å². The van der Waals surface area contributed by atoms with E-state index in [1.54, 1.807) is 4.68 Å². The molecular weight excluding hydrogens is 302 g/mol. The van der Waals surface area contributed by atoms with Gasteiger partial charge in [0.2, 0.25) is 0 Å². The third kappa shape index (κ3) is 2.68. The second kappa shape index (κ2) is 5.37. The van der Waals surface area contributed by atoms with E-state index >= 15 is 0 Å². The molecule has 0 bridgehead atoms. The van der Waals surface area contributed by atoms with Crippen molar-refractivity contribution >= 4 is 21.7 Å². The van der Waals surface area contributed by atoms with Gasteiger partial charge in [-0.15, -0.1) is 0 Å². The second-order valence-electron chi connectivity index (χ2n) is 5.35. The molecule has 102 valence electrons. The SMILES string of the molecule is Cc1c(Br)cccc1-c1nn(C)c(N)c1CC(C)C. The molecule has 0 amide bonds. The van der Waals surface area contributed by atoms with Crippen LogP contribution in [0.2, 0.25) is 0 Å². The van der Waals surface area contributed by atoms with Crippen LogP contribution < -0.4 is 5.73 Å². The average molecular weight is 322 g/mol. The average Bonchev–Trinajstić information content (AvgIpc) is 2.60. The van der Waals surface area contributed by atoms with E-state index in [9.17, 15) is 0 Å². The van der Waals surface area contributed by atoms with Gasteiger partial charge in [0, 0.05) is 22.6 Å². The van der Waals surface area contributed by atoms with E-state index in [0.717, 1.165) is 33.5 Å². The van der Waals surface area contributed by atoms with Crippen LogP contribution in [0.25, 0.3) is 11.3 Å². The van der Waals surface area contributed by atoms with Crippen molar-refractivity contribution in [3.05, 3.63) is 33.8 Å². The third-order valence-electron chi connectivity index (χ3n) is 3.33. The van der Waals surface area contributed by atoms with Gasteiger partial charge < -0.3 is 5.73 Å². The largest absolute Gasteiger partial charge is 0.384 e. The molecule has 0 unspecified atom stereocenters. The lowest BCUT2D eigenvalue weighted by Gasteiger charge is -2.09. The smallest absolute Gasteiger partial charge is 0.125 e. The van der Waals surface area contributed by atoms with Crippen LogP contribution in [0, 0.1) is 12.8 Å². The molecule has 1 heterocycles. The second-order valence-corrected chi connectivity index (χ2v) is 6.20. The fraction of sp³-hybridized carbons (Fsp3) is 0.400. The van der Waals surface area contributed by atoms with Crippen LogP contribution in [0.4, 0.5) is 5.82 Å². The normalized spacial score (nSPS) is 11.3. The summed E-state index contributed by atoms with van der Waals surface area (Å²) in [6.07, 6.45) is 0.945. The summed E-state index contributed by atoms with van der Waals surface area (Å²) in [5.41, 5.74) is 10.7. The van der Waals surface area contributed by atoms with Crippen LogP contribution in [0.3, 0.4) is 0 Å². The van der Waals surface area contributed by atoms with Crippen LogP contribution in [0.15, 0.2) is 22.7 Å². The fourth-order valence-corrected chi connectivity index (χ4v) is 2.64. The first-order valence-corrected chi connectivity index (χ1v) is 7.28. The minimum atomic E-state index is 0.553. The van der Waals surface area contributed by atoms with Gasteiger partial charge in [-0.3, -0.25) is 4.68 Å². The number of nitrogens with two attached hydrogens (primary N) is 1. The van der Waals surface area contributed by atoms with E-state index in [1.807, 2.05) is 19.2 Å². The number of aryl methyl sites for hydroxylation is 1. The van der Waals surface area contributed by atoms with Crippen LogP contribution in [-0.2, 0) is 13.5 Å². The number of hydrogen-bond donors (Lipinski definition) is 1. The summed E-state index contributed by atoms with van der Waals surface area (Å²) in [6.45, 7) is 6.50. The minimum absolute atomic E-state index is 0.553. The van der Waals surface area contributed by atoms with E-state index < -0.39 is 0 Å². The highest BCUT2D eigenvalue weighted by molar-refractivity contribution is 9.10. The number of hydrogen-bond acceptors (Lipinski definition) is 2. The number of nitrogens with zero attached hydrogens (tertiary/aromatic N) is 2.